The molecule has 0 radical (unpaired) electrons. The number of aliphatic hydroxyl groups excluding tert-OH is 2. The summed E-state index contributed by atoms with van der Waals surface area (Å²) in [6, 6.07) is 15.9. The first kappa shape index (κ1) is 51.6. The zero-order valence-corrected chi connectivity index (χ0v) is 39.0. The molecule has 1 aliphatic rings. The van der Waals surface area contributed by atoms with Crippen LogP contribution in [0.5, 0.6) is 5.75 Å². The number of esters is 3. The van der Waals surface area contributed by atoms with E-state index in [1.807, 2.05) is 30.3 Å². The second-order valence-electron chi connectivity index (χ2n) is 17.8. The van der Waals surface area contributed by atoms with Crippen LogP contribution in [0.2, 0.25) is 0 Å². The van der Waals surface area contributed by atoms with Gasteiger partial charge in [0.25, 0.3) is 0 Å². The smallest absolute Gasteiger partial charge is 0.333 e. The van der Waals surface area contributed by atoms with Gasteiger partial charge >= 0.3 is 17.9 Å². The van der Waals surface area contributed by atoms with E-state index in [-0.39, 0.29) is 50.0 Å². The van der Waals surface area contributed by atoms with Gasteiger partial charge in [-0.1, -0.05) is 89.6 Å². The van der Waals surface area contributed by atoms with E-state index in [0.717, 1.165) is 57.7 Å². The van der Waals surface area contributed by atoms with Crippen molar-refractivity contribution < 1.29 is 47.9 Å². The first-order chi connectivity index (χ1) is 30.6. The average Bonchev–Trinajstić information content (AvgIpc) is 3.29. The number of halogens is 1. The van der Waals surface area contributed by atoms with Gasteiger partial charge in [-0.2, -0.15) is 0 Å². The van der Waals surface area contributed by atoms with Crippen molar-refractivity contribution in [3.63, 3.8) is 0 Å². The molecule has 0 aliphatic heterocycles. The van der Waals surface area contributed by atoms with E-state index in [1.165, 1.54) is 52.4 Å². The lowest BCUT2D eigenvalue weighted by atomic mass is 9.77. The van der Waals surface area contributed by atoms with E-state index in [1.54, 1.807) is 13.0 Å². The van der Waals surface area contributed by atoms with E-state index < -0.39 is 29.9 Å². The molecule has 0 heterocycles. The van der Waals surface area contributed by atoms with Crippen LogP contribution >= 0.6 is 0 Å². The highest BCUT2D eigenvalue weighted by molar-refractivity contribution is 5.88. The molecule has 0 unspecified atom stereocenters. The Bertz CT molecular complexity index is 2060. The fraction of sp³-hybridized carbons (Fsp3) is 0.500. The van der Waals surface area contributed by atoms with Gasteiger partial charge in [-0.15, -0.1) is 0 Å². The van der Waals surface area contributed by atoms with Crippen molar-refractivity contribution in [1.29, 1.82) is 0 Å². The van der Waals surface area contributed by atoms with Gasteiger partial charge in [0.05, 0.1) is 18.6 Å². The van der Waals surface area contributed by atoms with Gasteiger partial charge in [-0.25, -0.2) is 18.8 Å². The summed E-state index contributed by atoms with van der Waals surface area (Å²) < 4.78 is 39.1. The molecule has 348 valence electrons. The third kappa shape index (κ3) is 14.7. The van der Waals surface area contributed by atoms with E-state index in [4.69, 9.17) is 18.9 Å². The molecule has 0 spiro atoms. The number of benzene rings is 3. The molecule has 2 N–H and O–H groups in total. The number of aliphatic hydroxyl groups is 2. The highest BCUT2D eigenvalue weighted by Crippen LogP contribution is 2.41. The van der Waals surface area contributed by atoms with Crippen LogP contribution in [0.3, 0.4) is 0 Å². The lowest BCUT2D eigenvalue weighted by Crippen LogP contribution is -2.43. The zero-order valence-electron chi connectivity index (χ0n) is 39.0. The van der Waals surface area contributed by atoms with Gasteiger partial charge in [0, 0.05) is 28.9 Å². The first-order valence-electron chi connectivity index (χ1n) is 23.1. The Labute approximate surface area is 380 Å². The lowest BCUT2D eigenvalue weighted by molar-refractivity contribution is -0.153. The Hall–Kier alpha value is -5.06. The van der Waals surface area contributed by atoms with Gasteiger partial charge in [0.15, 0.2) is 0 Å². The summed E-state index contributed by atoms with van der Waals surface area (Å²) >= 11 is 0. The SMILES string of the molecule is C=C(C)C(=O)OCCCc1cc(-c2ccc(-c3ccc(C4CCC(CCCCC)CC4)cc3F)c(CC)c2)cc(CCCO)c1OCC(CO)(COC(=O)C(=C)C)COC(=O)C(=C)C. The molecule has 0 bridgehead atoms. The van der Waals surface area contributed by atoms with Crippen molar-refractivity contribution >= 4 is 17.9 Å². The average molecular weight is 883 g/mol. The highest BCUT2D eigenvalue weighted by Gasteiger charge is 2.36. The third-order valence-electron chi connectivity index (χ3n) is 12.2. The van der Waals surface area contributed by atoms with Crippen LogP contribution in [0.15, 0.2) is 85.0 Å². The van der Waals surface area contributed by atoms with Gasteiger partial charge < -0.3 is 29.2 Å². The Morgan fingerprint density at radius 1 is 0.688 bits per heavy atom. The fourth-order valence-electron chi connectivity index (χ4n) is 8.27. The Morgan fingerprint density at radius 2 is 1.27 bits per heavy atom. The van der Waals surface area contributed by atoms with Crippen LogP contribution < -0.4 is 4.74 Å². The van der Waals surface area contributed by atoms with Crippen molar-refractivity contribution in [2.75, 3.05) is 39.6 Å². The maximum atomic E-state index is 16.1. The Balaban J connectivity index is 1.70. The van der Waals surface area contributed by atoms with Gasteiger partial charge in [-0.3, -0.25) is 0 Å². The summed E-state index contributed by atoms with van der Waals surface area (Å²) in [6.45, 7) is 18.4. The molecule has 4 rings (SSSR count). The standard InChI is InChI=1S/C54H71FO9/c1-9-11-12-15-39-18-20-41(21-19-39)43-23-25-48(49(55)31-43)47-24-22-42(28-40(47)10-2)46-29-44(16-13-26-56)50(45(30-46)17-14-27-61-51(58)36(3)4)62-33-54(32-57,34-63-52(59)37(5)6)35-64-53(60)38(7)8/h22-25,28-31,39,41,56-57H,3,5,7,9-21,26-27,32-35H2,1-2,4,6,8H3. The monoisotopic (exact) mass is 883 g/mol. The minimum Gasteiger partial charge on any atom is -0.492 e. The van der Waals surface area contributed by atoms with Crippen molar-refractivity contribution in [2.24, 2.45) is 11.3 Å². The van der Waals surface area contributed by atoms with Crippen molar-refractivity contribution in [1.82, 2.24) is 0 Å². The third-order valence-corrected chi connectivity index (χ3v) is 12.2. The van der Waals surface area contributed by atoms with Crippen LogP contribution in [-0.4, -0.2) is 67.8 Å². The second-order valence-corrected chi connectivity index (χ2v) is 17.8. The molecular weight excluding hydrogens is 812 g/mol. The molecule has 0 amide bonds. The fourth-order valence-corrected chi connectivity index (χ4v) is 8.27. The summed E-state index contributed by atoms with van der Waals surface area (Å²) in [4.78, 5) is 37.2. The highest BCUT2D eigenvalue weighted by atomic mass is 19.1. The van der Waals surface area contributed by atoms with Crippen molar-refractivity contribution in [3.05, 3.63) is 113 Å². The molecule has 0 saturated heterocycles. The van der Waals surface area contributed by atoms with Crippen molar-refractivity contribution in [3.8, 4) is 28.0 Å². The van der Waals surface area contributed by atoms with Crippen LogP contribution in [0.25, 0.3) is 22.3 Å². The molecule has 1 aliphatic carbocycles. The quantitative estimate of drug-likeness (QED) is 0.0350. The molecule has 64 heavy (non-hydrogen) atoms. The number of ether oxygens (including phenoxy) is 4. The molecule has 10 heteroatoms. The first-order valence-corrected chi connectivity index (χ1v) is 23.1. The van der Waals surface area contributed by atoms with E-state index in [0.29, 0.717) is 54.9 Å². The zero-order chi connectivity index (χ0) is 46.8. The lowest BCUT2D eigenvalue weighted by Gasteiger charge is -2.31. The summed E-state index contributed by atoms with van der Waals surface area (Å²) in [6.07, 6.45) is 12.1. The van der Waals surface area contributed by atoms with Gasteiger partial charge in [0.1, 0.15) is 31.4 Å². The summed E-state index contributed by atoms with van der Waals surface area (Å²) in [5, 5.41) is 20.7. The summed E-state index contributed by atoms with van der Waals surface area (Å²) in [5.41, 5.74) is 6.04. The topological polar surface area (TPSA) is 129 Å². The number of aryl methyl sites for hydroxylation is 3. The number of hydrogen-bond donors (Lipinski definition) is 2. The summed E-state index contributed by atoms with van der Waals surface area (Å²) in [7, 11) is 0. The summed E-state index contributed by atoms with van der Waals surface area (Å²) in [5.74, 6) is -0.400. The predicted octanol–water partition coefficient (Wildman–Crippen LogP) is 11.1. The number of hydrogen-bond acceptors (Lipinski definition) is 9. The van der Waals surface area contributed by atoms with Crippen LogP contribution in [0.1, 0.15) is 127 Å². The van der Waals surface area contributed by atoms with Crippen LogP contribution in [-0.2, 0) is 47.9 Å². The largest absolute Gasteiger partial charge is 0.492 e. The van der Waals surface area contributed by atoms with Crippen LogP contribution in [0.4, 0.5) is 4.39 Å². The van der Waals surface area contributed by atoms with E-state index in [9.17, 15) is 24.6 Å². The molecule has 0 atom stereocenters. The Kier molecular flexibility index (Phi) is 20.5. The maximum Gasteiger partial charge on any atom is 0.333 e. The molecule has 9 nitrogen and oxygen atoms in total. The van der Waals surface area contributed by atoms with E-state index >= 15 is 4.39 Å². The van der Waals surface area contributed by atoms with Gasteiger partial charge in [0.2, 0.25) is 0 Å². The molecule has 1 saturated carbocycles. The second kappa shape index (κ2) is 25.4. The number of carbonyl (C=O) groups is 3. The van der Waals surface area contributed by atoms with Gasteiger partial charge in [-0.05, 0) is 148 Å². The molecular formula is C54H71FO9. The van der Waals surface area contributed by atoms with E-state index in [2.05, 4.69) is 45.7 Å². The molecule has 1 fully saturated rings. The van der Waals surface area contributed by atoms with Crippen molar-refractivity contribution in [2.45, 2.75) is 124 Å². The molecule has 3 aromatic carbocycles. The number of unbranched alkanes of at least 4 members (excludes halogenated alkanes) is 2. The predicted molar refractivity (Wildman–Crippen MR) is 252 cm³/mol. The Morgan fingerprint density at radius 3 is 1.81 bits per heavy atom. The number of carbonyl (C=O) groups excluding carboxylic acids is 3. The molecule has 3 aromatic rings. The normalized spacial score (nSPS) is 15.0. The number of rotatable bonds is 26. The van der Waals surface area contributed by atoms with Crippen LogP contribution in [0, 0.1) is 17.2 Å². The minimum absolute atomic E-state index is 0.0799. The maximum absolute atomic E-state index is 16.1. The molecule has 0 aromatic heterocycles. The minimum atomic E-state index is -1.37.